The van der Waals surface area contributed by atoms with Crippen LogP contribution < -0.4 is 11.0 Å². The number of aromatic amines is 1. The molecule has 1 fully saturated rings. The molecule has 2 N–H and O–H groups in total. The lowest BCUT2D eigenvalue weighted by molar-refractivity contribution is 0.601. The molecule has 90 valence electrons. The first kappa shape index (κ1) is 11.7. The van der Waals surface area contributed by atoms with E-state index < -0.39 is 0 Å². The fourth-order valence-electron chi connectivity index (χ4n) is 1.91. The predicted octanol–water partition coefficient (Wildman–Crippen LogP) is 0.825. The second-order valence-corrected chi connectivity index (χ2v) is 5.05. The minimum atomic E-state index is -0.0938. The molecule has 5 nitrogen and oxygen atoms in total. The van der Waals surface area contributed by atoms with E-state index in [1.54, 1.807) is 16.3 Å². The lowest BCUT2D eigenvalue weighted by atomic mass is 10.3. The van der Waals surface area contributed by atoms with Crippen molar-refractivity contribution in [2.75, 3.05) is 12.3 Å². The molecule has 0 radical (unpaired) electrons. The highest BCUT2D eigenvalue weighted by atomic mass is 32.2. The molecular weight excluding hydrogens is 224 g/mol. The standard InChI is InChI=1S/C10H18N4OS/c1-2-6-14-9(15)12-13-10(14)16-7-8-4-3-5-11-8/h8,11H,2-7H2,1H3,(H,12,15)/t8-/m0/s1. The largest absolute Gasteiger partial charge is 0.343 e. The van der Waals surface area contributed by atoms with E-state index in [-0.39, 0.29) is 5.69 Å². The number of aromatic nitrogens is 3. The van der Waals surface area contributed by atoms with Gasteiger partial charge in [-0.3, -0.25) is 4.57 Å². The molecule has 0 spiro atoms. The maximum absolute atomic E-state index is 11.4. The van der Waals surface area contributed by atoms with Gasteiger partial charge in [0.15, 0.2) is 5.16 Å². The second kappa shape index (κ2) is 5.54. The van der Waals surface area contributed by atoms with Gasteiger partial charge in [-0.25, -0.2) is 9.89 Å². The molecule has 0 aromatic carbocycles. The summed E-state index contributed by atoms with van der Waals surface area (Å²) in [5.41, 5.74) is -0.0938. The van der Waals surface area contributed by atoms with Gasteiger partial charge in [-0.05, 0) is 25.8 Å². The Morgan fingerprint density at radius 3 is 3.19 bits per heavy atom. The third kappa shape index (κ3) is 2.68. The van der Waals surface area contributed by atoms with Crippen LogP contribution in [0, 0.1) is 0 Å². The van der Waals surface area contributed by atoms with Crippen LogP contribution in [0.1, 0.15) is 26.2 Å². The minimum Gasteiger partial charge on any atom is -0.313 e. The maximum atomic E-state index is 11.4. The van der Waals surface area contributed by atoms with Crippen LogP contribution >= 0.6 is 11.8 Å². The third-order valence-corrected chi connectivity index (χ3v) is 3.89. The predicted molar refractivity (Wildman–Crippen MR) is 64.9 cm³/mol. The van der Waals surface area contributed by atoms with Gasteiger partial charge in [0.25, 0.3) is 0 Å². The molecule has 1 atom stereocenters. The molecule has 2 heterocycles. The SMILES string of the molecule is CCCn1c(SC[C@@H]2CCCN2)n[nH]c1=O. The highest BCUT2D eigenvalue weighted by Crippen LogP contribution is 2.18. The van der Waals surface area contributed by atoms with Crippen LogP contribution in [0.4, 0.5) is 0 Å². The average Bonchev–Trinajstić information content (AvgIpc) is 2.89. The van der Waals surface area contributed by atoms with Crippen molar-refractivity contribution in [3.8, 4) is 0 Å². The van der Waals surface area contributed by atoms with Gasteiger partial charge in [0.2, 0.25) is 0 Å². The lowest BCUT2D eigenvalue weighted by Crippen LogP contribution is -2.24. The monoisotopic (exact) mass is 242 g/mol. The van der Waals surface area contributed by atoms with E-state index in [0.717, 1.165) is 30.4 Å². The van der Waals surface area contributed by atoms with Crippen LogP contribution in [0.25, 0.3) is 0 Å². The molecule has 1 aliphatic rings. The first-order valence-corrected chi connectivity index (χ1v) is 6.81. The minimum absolute atomic E-state index is 0.0938. The van der Waals surface area contributed by atoms with E-state index in [4.69, 9.17) is 0 Å². The Bertz CT molecular complexity index is 380. The van der Waals surface area contributed by atoms with Crippen molar-refractivity contribution >= 4 is 11.8 Å². The molecule has 6 heteroatoms. The van der Waals surface area contributed by atoms with Gasteiger partial charge in [0.1, 0.15) is 0 Å². The fourth-order valence-corrected chi connectivity index (χ4v) is 2.98. The number of H-pyrrole nitrogens is 1. The zero-order chi connectivity index (χ0) is 11.4. The van der Waals surface area contributed by atoms with Gasteiger partial charge in [-0.15, -0.1) is 5.10 Å². The molecule has 1 aromatic rings. The zero-order valence-electron chi connectivity index (χ0n) is 9.53. The third-order valence-electron chi connectivity index (χ3n) is 2.75. The fraction of sp³-hybridized carbons (Fsp3) is 0.800. The molecule has 2 rings (SSSR count). The zero-order valence-corrected chi connectivity index (χ0v) is 10.3. The lowest BCUT2D eigenvalue weighted by Gasteiger charge is -2.09. The first-order chi connectivity index (χ1) is 7.81. The summed E-state index contributed by atoms with van der Waals surface area (Å²) in [6.45, 7) is 3.93. The number of thioether (sulfide) groups is 1. The van der Waals surface area contributed by atoms with Gasteiger partial charge in [0.05, 0.1) is 0 Å². The van der Waals surface area contributed by atoms with E-state index in [0.29, 0.717) is 6.04 Å². The topological polar surface area (TPSA) is 62.7 Å². The Labute approximate surface area is 99.0 Å². The first-order valence-electron chi connectivity index (χ1n) is 5.82. The van der Waals surface area contributed by atoms with Crippen molar-refractivity contribution in [3.05, 3.63) is 10.5 Å². The van der Waals surface area contributed by atoms with Gasteiger partial charge < -0.3 is 5.32 Å². The molecule has 0 bridgehead atoms. The number of nitrogens with zero attached hydrogens (tertiary/aromatic N) is 2. The molecule has 16 heavy (non-hydrogen) atoms. The number of rotatable bonds is 5. The van der Waals surface area contributed by atoms with Crippen LogP contribution in [-0.4, -0.2) is 33.1 Å². The number of nitrogens with one attached hydrogen (secondary N) is 2. The van der Waals surface area contributed by atoms with Gasteiger partial charge >= 0.3 is 5.69 Å². The van der Waals surface area contributed by atoms with E-state index >= 15 is 0 Å². The summed E-state index contributed by atoms with van der Waals surface area (Å²) in [5.74, 6) is 0.994. The van der Waals surface area contributed by atoms with Crippen molar-refractivity contribution in [1.29, 1.82) is 0 Å². The van der Waals surface area contributed by atoms with Crippen LogP contribution in [0.5, 0.6) is 0 Å². The van der Waals surface area contributed by atoms with Crippen molar-refractivity contribution in [1.82, 2.24) is 20.1 Å². The van der Waals surface area contributed by atoms with Gasteiger partial charge in [-0.1, -0.05) is 18.7 Å². The summed E-state index contributed by atoms with van der Waals surface area (Å²) in [4.78, 5) is 11.4. The Balaban J connectivity index is 1.95. The summed E-state index contributed by atoms with van der Waals surface area (Å²) in [7, 11) is 0. The Morgan fingerprint density at radius 1 is 1.62 bits per heavy atom. The quantitative estimate of drug-likeness (QED) is 0.751. The number of hydrogen-bond donors (Lipinski definition) is 2. The van der Waals surface area contributed by atoms with Gasteiger partial charge in [-0.2, -0.15) is 0 Å². The van der Waals surface area contributed by atoms with E-state index in [2.05, 4.69) is 22.4 Å². The summed E-state index contributed by atoms with van der Waals surface area (Å²) in [6.07, 6.45) is 3.44. The molecule has 1 saturated heterocycles. The molecular formula is C10H18N4OS. The van der Waals surface area contributed by atoms with Crippen LogP contribution in [0.2, 0.25) is 0 Å². The Kier molecular flexibility index (Phi) is 4.06. The molecule has 0 amide bonds. The van der Waals surface area contributed by atoms with Crippen LogP contribution in [-0.2, 0) is 6.54 Å². The van der Waals surface area contributed by atoms with Crippen molar-refractivity contribution in [2.24, 2.45) is 0 Å². The second-order valence-electron chi connectivity index (χ2n) is 4.07. The molecule has 0 aliphatic carbocycles. The van der Waals surface area contributed by atoms with E-state index in [9.17, 15) is 4.79 Å². The summed E-state index contributed by atoms with van der Waals surface area (Å²) < 4.78 is 1.72. The number of hydrogen-bond acceptors (Lipinski definition) is 4. The molecule has 1 aromatic heterocycles. The highest BCUT2D eigenvalue weighted by molar-refractivity contribution is 7.99. The summed E-state index contributed by atoms with van der Waals surface area (Å²) >= 11 is 1.66. The summed E-state index contributed by atoms with van der Waals surface area (Å²) in [5, 5.41) is 10.8. The van der Waals surface area contributed by atoms with Crippen molar-refractivity contribution in [2.45, 2.75) is 43.9 Å². The Morgan fingerprint density at radius 2 is 2.50 bits per heavy atom. The molecule has 0 unspecified atom stereocenters. The van der Waals surface area contributed by atoms with E-state index in [1.165, 1.54) is 12.8 Å². The highest BCUT2D eigenvalue weighted by Gasteiger charge is 2.16. The van der Waals surface area contributed by atoms with Crippen molar-refractivity contribution in [3.63, 3.8) is 0 Å². The van der Waals surface area contributed by atoms with Gasteiger partial charge in [0, 0.05) is 18.3 Å². The van der Waals surface area contributed by atoms with Crippen LogP contribution in [0.3, 0.4) is 0 Å². The molecule has 0 saturated carbocycles. The molecule has 1 aliphatic heterocycles. The average molecular weight is 242 g/mol. The van der Waals surface area contributed by atoms with E-state index in [1.807, 2.05) is 0 Å². The summed E-state index contributed by atoms with van der Waals surface area (Å²) in [6, 6.07) is 0.576. The van der Waals surface area contributed by atoms with Crippen molar-refractivity contribution < 1.29 is 0 Å². The maximum Gasteiger partial charge on any atom is 0.343 e. The normalized spacial score (nSPS) is 20.4. The smallest absolute Gasteiger partial charge is 0.313 e. The Hall–Kier alpha value is -0.750. The van der Waals surface area contributed by atoms with Crippen LogP contribution in [0.15, 0.2) is 9.95 Å².